The molecule has 1 aliphatic heterocycles. The van der Waals surface area contributed by atoms with Crippen LogP contribution in [0, 0.1) is 6.92 Å². The highest BCUT2D eigenvalue weighted by Gasteiger charge is 2.27. The Kier molecular flexibility index (Phi) is 6.56. The van der Waals surface area contributed by atoms with E-state index < -0.39 is 6.10 Å². The van der Waals surface area contributed by atoms with Gasteiger partial charge in [0, 0.05) is 39.3 Å². The molecule has 0 aliphatic carbocycles. The minimum Gasteiger partial charge on any atom is -0.389 e. The molecule has 1 amide bonds. The zero-order valence-electron chi connectivity index (χ0n) is 14.2. The van der Waals surface area contributed by atoms with Crippen LogP contribution in [0.3, 0.4) is 0 Å². The second-order valence-electron chi connectivity index (χ2n) is 5.82. The number of carbonyl (C=O) groups is 1. The van der Waals surface area contributed by atoms with Gasteiger partial charge in [0.25, 0.3) is 5.91 Å². The Bertz CT molecular complexity index is 509. The summed E-state index contributed by atoms with van der Waals surface area (Å²) >= 11 is 0. The maximum atomic E-state index is 12.7. The van der Waals surface area contributed by atoms with Gasteiger partial charge in [-0.15, -0.1) is 0 Å². The van der Waals surface area contributed by atoms with Gasteiger partial charge in [-0.25, -0.2) is 0 Å². The van der Waals surface area contributed by atoms with Crippen LogP contribution >= 0.6 is 0 Å². The van der Waals surface area contributed by atoms with Crippen LogP contribution in [0.1, 0.15) is 35.7 Å². The number of aromatic nitrogens is 1. The fourth-order valence-electron chi connectivity index (χ4n) is 2.83. The van der Waals surface area contributed by atoms with Gasteiger partial charge in [0.2, 0.25) is 0 Å². The third-order valence-corrected chi connectivity index (χ3v) is 4.12. The average Bonchev–Trinajstić information content (AvgIpc) is 2.93. The molecule has 2 heterocycles. The maximum Gasteiger partial charge on any atom is 0.259 e. The Labute approximate surface area is 137 Å². The molecule has 1 aromatic heterocycles. The number of carbonyl (C=O) groups excluding carboxylic acids is 1. The quantitative estimate of drug-likeness (QED) is 0.795. The van der Waals surface area contributed by atoms with E-state index in [1.54, 1.807) is 6.92 Å². The smallest absolute Gasteiger partial charge is 0.259 e. The van der Waals surface area contributed by atoms with Crippen molar-refractivity contribution in [3.05, 3.63) is 17.0 Å². The summed E-state index contributed by atoms with van der Waals surface area (Å²) in [5.74, 6) is 0.580. The monoisotopic (exact) mass is 325 g/mol. The second kappa shape index (κ2) is 8.42. The van der Waals surface area contributed by atoms with Crippen molar-refractivity contribution in [1.82, 2.24) is 15.0 Å². The van der Waals surface area contributed by atoms with E-state index in [1.165, 1.54) is 0 Å². The third-order valence-electron chi connectivity index (χ3n) is 4.12. The Morgan fingerprint density at radius 2 is 2.04 bits per heavy atom. The average molecular weight is 325 g/mol. The molecule has 23 heavy (non-hydrogen) atoms. The van der Waals surface area contributed by atoms with E-state index in [0.717, 1.165) is 18.8 Å². The molecule has 1 aromatic rings. The number of β-amino-alcohol motifs (C(OH)–C–C–N with tert-alkyl or cyclic N) is 1. The zero-order chi connectivity index (χ0) is 16.8. The third kappa shape index (κ3) is 4.53. The van der Waals surface area contributed by atoms with Crippen LogP contribution < -0.4 is 0 Å². The van der Waals surface area contributed by atoms with Crippen molar-refractivity contribution < 1.29 is 19.2 Å². The predicted molar refractivity (Wildman–Crippen MR) is 85.5 cm³/mol. The first-order valence-electron chi connectivity index (χ1n) is 8.29. The Balaban J connectivity index is 1.86. The van der Waals surface area contributed by atoms with Crippen molar-refractivity contribution in [3.8, 4) is 0 Å². The number of aryl methyl sites for hydroxylation is 2. The van der Waals surface area contributed by atoms with Crippen molar-refractivity contribution >= 4 is 5.91 Å². The van der Waals surface area contributed by atoms with Crippen LogP contribution in [0.2, 0.25) is 0 Å². The highest BCUT2D eigenvalue weighted by molar-refractivity contribution is 5.96. The summed E-state index contributed by atoms with van der Waals surface area (Å²) in [6.45, 7) is 9.99. The highest BCUT2D eigenvalue weighted by atomic mass is 16.5. The minimum atomic E-state index is -0.482. The summed E-state index contributed by atoms with van der Waals surface area (Å²) in [4.78, 5) is 16.7. The van der Waals surface area contributed by atoms with E-state index in [9.17, 15) is 9.90 Å². The molecule has 0 spiro atoms. The molecule has 0 saturated carbocycles. The summed E-state index contributed by atoms with van der Waals surface area (Å²) in [5.41, 5.74) is 1.33. The number of amides is 1. The van der Waals surface area contributed by atoms with Gasteiger partial charge in [0.05, 0.1) is 18.4 Å². The fourth-order valence-corrected chi connectivity index (χ4v) is 2.83. The van der Waals surface area contributed by atoms with Gasteiger partial charge < -0.3 is 19.3 Å². The van der Waals surface area contributed by atoms with Gasteiger partial charge in [-0.3, -0.25) is 9.69 Å². The van der Waals surface area contributed by atoms with E-state index >= 15 is 0 Å². The molecule has 1 atom stereocenters. The maximum absolute atomic E-state index is 12.7. The molecule has 0 radical (unpaired) electrons. The molecule has 7 heteroatoms. The molecule has 0 bridgehead atoms. The summed E-state index contributed by atoms with van der Waals surface area (Å²) in [6.07, 6.45) is 0.200. The van der Waals surface area contributed by atoms with Crippen LogP contribution in [0.15, 0.2) is 4.52 Å². The normalized spacial score (nSPS) is 17.5. The standard InChI is InChI=1S/C16H27N3O4/c1-4-14-15(12(3)23-17-14)16(21)19-8-6-18(7-9-19)10-13(20)11-22-5-2/h13,20H,4-11H2,1-3H3. The van der Waals surface area contributed by atoms with Gasteiger partial charge >= 0.3 is 0 Å². The lowest BCUT2D eigenvalue weighted by molar-refractivity contribution is 0.0111. The van der Waals surface area contributed by atoms with Gasteiger partial charge in [-0.2, -0.15) is 0 Å². The number of aliphatic hydroxyl groups excluding tert-OH is 1. The second-order valence-corrected chi connectivity index (χ2v) is 5.82. The Morgan fingerprint density at radius 3 is 2.65 bits per heavy atom. The predicted octanol–water partition coefficient (Wildman–Crippen LogP) is 0.701. The molecule has 130 valence electrons. The number of aliphatic hydroxyl groups is 1. The molecule has 2 rings (SSSR count). The lowest BCUT2D eigenvalue weighted by atomic mass is 10.1. The van der Waals surface area contributed by atoms with E-state index in [1.807, 2.05) is 18.7 Å². The summed E-state index contributed by atoms with van der Waals surface area (Å²) < 4.78 is 10.4. The van der Waals surface area contributed by atoms with Crippen LogP contribution in [0.25, 0.3) is 0 Å². The van der Waals surface area contributed by atoms with Crippen LogP contribution in [-0.2, 0) is 11.2 Å². The highest BCUT2D eigenvalue weighted by Crippen LogP contribution is 2.17. The molecular weight excluding hydrogens is 298 g/mol. The molecule has 1 aliphatic rings. The lowest BCUT2D eigenvalue weighted by Crippen LogP contribution is -2.51. The molecular formula is C16H27N3O4. The van der Waals surface area contributed by atoms with Crippen LogP contribution in [0.4, 0.5) is 0 Å². The molecule has 1 saturated heterocycles. The Hall–Kier alpha value is -1.44. The van der Waals surface area contributed by atoms with Crippen molar-refractivity contribution in [2.24, 2.45) is 0 Å². The fraction of sp³-hybridized carbons (Fsp3) is 0.750. The minimum absolute atomic E-state index is 0.00452. The van der Waals surface area contributed by atoms with Crippen molar-refractivity contribution in [3.63, 3.8) is 0 Å². The largest absolute Gasteiger partial charge is 0.389 e. The summed E-state index contributed by atoms with van der Waals surface area (Å²) in [5, 5.41) is 13.8. The number of hydrogen-bond donors (Lipinski definition) is 1. The van der Waals surface area contributed by atoms with E-state index in [4.69, 9.17) is 9.26 Å². The molecule has 1 N–H and O–H groups in total. The van der Waals surface area contributed by atoms with Crippen LogP contribution in [0.5, 0.6) is 0 Å². The topological polar surface area (TPSA) is 79.0 Å². The SMILES string of the molecule is CCOCC(O)CN1CCN(C(=O)c2c(CC)noc2C)CC1. The zero-order valence-corrected chi connectivity index (χ0v) is 14.2. The number of hydrogen-bond acceptors (Lipinski definition) is 6. The number of ether oxygens (including phenoxy) is 1. The number of nitrogens with zero attached hydrogens (tertiary/aromatic N) is 3. The van der Waals surface area contributed by atoms with Crippen molar-refractivity contribution in [2.75, 3.05) is 45.9 Å². The number of rotatable bonds is 7. The van der Waals surface area contributed by atoms with Crippen molar-refractivity contribution in [1.29, 1.82) is 0 Å². The molecule has 1 fully saturated rings. The van der Waals surface area contributed by atoms with Crippen LogP contribution in [-0.4, -0.2) is 78.0 Å². The molecule has 1 unspecified atom stereocenters. The first kappa shape index (κ1) is 17.9. The first-order valence-corrected chi connectivity index (χ1v) is 8.29. The molecule has 0 aromatic carbocycles. The van der Waals surface area contributed by atoms with E-state index in [2.05, 4.69) is 10.1 Å². The van der Waals surface area contributed by atoms with Gasteiger partial charge in [-0.05, 0) is 20.3 Å². The summed E-state index contributed by atoms with van der Waals surface area (Å²) in [6, 6.07) is 0. The van der Waals surface area contributed by atoms with Gasteiger partial charge in [-0.1, -0.05) is 12.1 Å². The summed E-state index contributed by atoms with van der Waals surface area (Å²) in [7, 11) is 0. The molecule has 7 nitrogen and oxygen atoms in total. The van der Waals surface area contributed by atoms with E-state index in [-0.39, 0.29) is 5.91 Å². The Morgan fingerprint density at radius 1 is 1.35 bits per heavy atom. The number of piperazine rings is 1. The van der Waals surface area contributed by atoms with Gasteiger partial charge in [0.1, 0.15) is 11.3 Å². The first-order chi connectivity index (χ1) is 11.1. The lowest BCUT2D eigenvalue weighted by Gasteiger charge is -2.35. The van der Waals surface area contributed by atoms with Gasteiger partial charge in [0.15, 0.2) is 0 Å². The van der Waals surface area contributed by atoms with E-state index in [0.29, 0.717) is 50.6 Å². The van der Waals surface area contributed by atoms with Crippen molar-refractivity contribution in [2.45, 2.75) is 33.3 Å².